The highest BCUT2D eigenvalue weighted by Gasteiger charge is 2.46. The highest BCUT2D eigenvalue weighted by molar-refractivity contribution is 6.68. The molecule has 0 N–H and O–H groups in total. The number of aliphatic imine (C=N–C) groups is 1. The van der Waals surface area contributed by atoms with Gasteiger partial charge in [-0.2, -0.15) is 13.2 Å². The van der Waals surface area contributed by atoms with Gasteiger partial charge in [-0.3, -0.25) is 9.69 Å². The first-order valence-electron chi connectivity index (χ1n) is 10.9. The van der Waals surface area contributed by atoms with Crippen molar-refractivity contribution in [2.75, 3.05) is 16.8 Å². The molecule has 3 aromatic carbocycles. The van der Waals surface area contributed by atoms with Crippen LogP contribution in [0.5, 0.6) is 0 Å². The van der Waals surface area contributed by atoms with Crippen molar-refractivity contribution < 1.29 is 22.8 Å². The van der Waals surface area contributed by atoms with Gasteiger partial charge in [0.05, 0.1) is 32.7 Å². The number of hydrogen-bond donors (Lipinski definition) is 0. The number of carbonyl (C=O) groups excluding carboxylic acids is 2. The molecule has 0 radical (unpaired) electrons. The summed E-state index contributed by atoms with van der Waals surface area (Å²) in [5, 5.41) is 0.412. The lowest BCUT2D eigenvalue weighted by Crippen LogP contribution is -2.43. The minimum Gasteiger partial charge on any atom is -0.312 e. The van der Waals surface area contributed by atoms with Crippen molar-refractivity contribution in [3.05, 3.63) is 88.4 Å². The van der Waals surface area contributed by atoms with Crippen LogP contribution in [0.1, 0.15) is 5.56 Å². The molecule has 1 aliphatic heterocycles. The van der Waals surface area contributed by atoms with E-state index in [1.807, 2.05) is 0 Å². The first-order valence-corrected chi connectivity index (χ1v) is 12.8. The summed E-state index contributed by atoms with van der Waals surface area (Å²) >= 11 is 32.2. The van der Waals surface area contributed by atoms with Crippen LogP contribution in [-0.4, -0.2) is 39.7 Å². The number of likely N-dealkylation sites (N-methyl/N-ethyl adjacent to an activating group) is 1. The topological polar surface area (TPSA) is 56.2 Å². The number of nitrogens with zero attached hydrogens (tertiary/aromatic N) is 4. The molecular weight excluding hydrogens is 623 g/mol. The Balaban J connectivity index is 1.97. The lowest BCUT2D eigenvalue weighted by atomic mass is 10.2. The molecule has 14 heteroatoms. The number of imide groups is 1. The van der Waals surface area contributed by atoms with E-state index in [-0.39, 0.29) is 27.1 Å². The van der Waals surface area contributed by atoms with Crippen LogP contribution in [0.3, 0.4) is 0 Å². The Morgan fingerprint density at radius 3 is 1.87 bits per heavy atom. The van der Waals surface area contributed by atoms with Gasteiger partial charge in [-0.05, 0) is 42.5 Å². The molecule has 0 aliphatic carbocycles. The highest BCUT2D eigenvalue weighted by Crippen LogP contribution is 2.45. The van der Waals surface area contributed by atoms with Gasteiger partial charge in [0.25, 0.3) is 5.91 Å². The fraction of sp³-hybridized carbons (Fsp3) is 0.160. The molecule has 1 atom stereocenters. The van der Waals surface area contributed by atoms with E-state index < -0.39 is 39.5 Å². The number of urea groups is 1. The Morgan fingerprint density at radius 2 is 1.38 bits per heavy atom. The second-order valence-electron chi connectivity index (χ2n) is 8.17. The first kappa shape index (κ1) is 29.3. The summed E-state index contributed by atoms with van der Waals surface area (Å²) < 4.78 is 38.0. The lowest BCUT2D eigenvalue weighted by Gasteiger charge is -2.36. The zero-order valence-corrected chi connectivity index (χ0v) is 23.4. The number of amidine groups is 1. The van der Waals surface area contributed by atoms with E-state index in [2.05, 4.69) is 4.99 Å². The number of carbonyl (C=O) groups is 2. The molecule has 204 valence electrons. The third-order valence-electron chi connectivity index (χ3n) is 5.62. The van der Waals surface area contributed by atoms with Crippen molar-refractivity contribution in [3.63, 3.8) is 0 Å². The number of alkyl halides is 6. The molecule has 1 fully saturated rings. The van der Waals surface area contributed by atoms with Crippen molar-refractivity contribution in [3.8, 4) is 0 Å². The fourth-order valence-electron chi connectivity index (χ4n) is 3.82. The molecule has 39 heavy (non-hydrogen) atoms. The van der Waals surface area contributed by atoms with Crippen LogP contribution >= 0.6 is 58.0 Å². The molecule has 0 spiro atoms. The van der Waals surface area contributed by atoms with Crippen molar-refractivity contribution >= 4 is 92.8 Å². The zero-order valence-electron chi connectivity index (χ0n) is 19.6. The highest BCUT2D eigenvalue weighted by atomic mass is 35.6. The number of halogens is 8. The maximum absolute atomic E-state index is 13.4. The van der Waals surface area contributed by atoms with Crippen molar-refractivity contribution in [1.29, 1.82) is 0 Å². The fourth-order valence-corrected chi connectivity index (χ4v) is 4.71. The van der Waals surface area contributed by atoms with Gasteiger partial charge in [0.15, 0.2) is 6.17 Å². The second-order valence-corrected chi connectivity index (χ2v) is 11.4. The summed E-state index contributed by atoms with van der Waals surface area (Å²) in [5.74, 6) is -1.52. The molecule has 6 nitrogen and oxygen atoms in total. The number of rotatable bonds is 5. The van der Waals surface area contributed by atoms with Gasteiger partial charge in [-0.25, -0.2) is 14.7 Å². The van der Waals surface area contributed by atoms with Crippen LogP contribution in [-0.2, 0) is 11.0 Å². The van der Waals surface area contributed by atoms with Gasteiger partial charge in [-0.15, -0.1) is 0 Å². The predicted octanol–water partition coefficient (Wildman–Crippen LogP) is 8.34. The van der Waals surface area contributed by atoms with Crippen LogP contribution in [0.15, 0.2) is 77.8 Å². The molecule has 0 saturated carbocycles. The summed E-state index contributed by atoms with van der Waals surface area (Å²) in [4.78, 5) is 33.4. The van der Waals surface area contributed by atoms with Crippen LogP contribution < -0.4 is 9.80 Å². The van der Waals surface area contributed by atoms with E-state index >= 15 is 0 Å². The quantitative estimate of drug-likeness (QED) is 0.209. The summed E-state index contributed by atoms with van der Waals surface area (Å²) in [6.07, 6.45) is -6.30. The normalized spacial score (nSPS) is 16.3. The van der Waals surface area contributed by atoms with Gasteiger partial charge < -0.3 is 4.90 Å². The van der Waals surface area contributed by atoms with Gasteiger partial charge in [0.2, 0.25) is 9.63 Å². The minimum atomic E-state index is -4.71. The summed E-state index contributed by atoms with van der Waals surface area (Å²) in [7, 11) is 1.15. The van der Waals surface area contributed by atoms with E-state index in [0.29, 0.717) is 11.0 Å². The van der Waals surface area contributed by atoms with Crippen LogP contribution in [0.4, 0.5) is 35.0 Å². The monoisotopic (exact) mass is 636 g/mol. The number of benzene rings is 3. The van der Waals surface area contributed by atoms with Crippen LogP contribution in [0.25, 0.3) is 0 Å². The SMILES string of the molecule is CN1C(=O)/C(=N\C(N(c2ccccc2Cl)c2ccccc2Cl)C(Cl)(Cl)Cl)N(c2cccc(C(F)(F)F)c2)C1=O. The maximum atomic E-state index is 13.4. The average molecular weight is 639 g/mol. The number of anilines is 3. The third-order valence-corrected chi connectivity index (χ3v) is 6.85. The molecule has 4 rings (SSSR count). The summed E-state index contributed by atoms with van der Waals surface area (Å²) in [6, 6.07) is 15.8. The van der Waals surface area contributed by atoms with E-state index in [0.717, 1.165) is 24.1 Å². The Kier molecular flexibility index (Phi) is 8.31. The van der Waals surface area contributed by atoms with Crippen molar-refractivity contribution in [2.45, 2.75) is 16.1 Å². The van der Waals surface area contributed by atoms with Crippen LogP contribution in [0, 0.1) is 0 Å². The minimum absolute atomic E-state index is 0.206. The van der Waals surface area contributed by atoms with Crippen molar-refractivity contribution in [2.24, 2.45) is 4.99 Å². The molecule has 1 saturated heterocycles. The molecule has 3 amide bonds. The summed E-state index contributed by atoms with van der Waals surface area (Å²) in [5.41, 5.74) is -0.746. The Hall–Kier alpha value is -2.69. The average Bonchev–Trinajstić information content (AvgIpc) is 3.08. The van der Waals surface area contributed by atoms with E-state index in [9.17, 15) is 22.8 Å². The van der Waals surface area contributed by atoms with Crippen LogP contribution in [0.2, 0.25) is 10.0 Å². The number of amides is 3. The Morgan fingerprint density at radius 1 is 0.846 bits per heavy atom. The molecule has 0 aromatic heterocycles. The standard InChI is InChI=1S/C25H16Cl5F3N4O2/c1-35-21(38)20(36(23(35)39)15-8-6-7-14(13-15)25(31,32)33)34-22(24(28,29)30)37(18-11-4-2-9-16(18)26)19-12-5-3-10-17(19)27/h2-13,22H,1H3/b34-20+. The third kappa shape index (κ3) is 5.93. The molecule has 0 bridgehead atoms. The Labute approximate surface area is 246 Å². The summed E-state index contributed by atoms with van der Waals surface area (Å²) in [6.45, 7) is 0. The number of para-hydroxylation sites is 2. The molecule has 1 unspecified atom stereocenters. The van der Waals surface area contributed by atoms with E-state index in [1.54, 1.807) is 48.5 Å². The van der Waals surface area contributed by atoms with Gasteiger partial charge in [0, 0.05) is 7.05 Å². The first-order chi connectivity index (χ1) is 18.2. The van der Waals surface area contributed by atoms with Gasteiger partial charge in [-0.1, -0.05) is 88.3 Å². The smallest absolute Gasteiger partial charge is 0.312 e. The second kappa shape index (κ2) is 11.1. The lowest BCUT2D eigenvalue weighted by molar-refractivity contribution is -0.137. The van der Waals surface area contributed by atoms with Gasteiger partial charge >= 0.3 is 12.2 Å². The van der Waals surface area contributed by atoms with Gasteiger partial charge in [0.1, 0.15) is 0 Å². The largest absolute Gasteiger partial charge is 0.416 e. The zero-order chi connectivity index (χ0) is 28.7. The van der Waals surface area contributed by atoms with E-state index in [4.69, 9.17) is 58.0 Å². The number of hydrogen-bond acceptors (Lipinski definition) is 4. The maximum Gasteiger partial charge on any atom is 0.416 e. The predicted molar refractivity (Wildman–Crippen MR) is 149 cm³/mol. The molecule has 3 aromatic rings. The molecule has 1 aliphatic rings. The van der Waals surface area contributed by atoms with E-state index in [1.165, 1.54) is 11.0 Å². The molecule has 1 heterocycles. The molecular formula is C25H16Cl5F3N4O2. The Bertz CT molecular complexity index is 1420. The van der Waals surface area contributed by atoms with Crippen molar-refractivity contribution in [1.82, 2.24) is 4.90 Å².